The first-order valence-corrected chi connectivity index (χ1v) is 3.56. The smallest absolute Gasteiger partial charge is 0.155 e. The van der Waals surface area contributed by atoms with Crippen molar-refractivity contribution in [3.8, 4) is 0 Å². The lowest BCUT2D eigenvalue weighted by molar-refractivity contribution is 0.0273. The van der Waals surface area contributed by atoms with Crippen LogP contribution in [0.15, 0.2) is 6.33 Å². The van der Waals surface area contributed by atoms with E-state index >= 15 is 0 Å². The van der Waals surface area contributed by atoms with Crippen molar-refractivity contribution in [1.82, 2.24) is 15.2 Å². The van der Waals surface area contributed by atoms with Gasteiger partial charge < -0.3 is 10.2 Å². The van der Waals surface area contributed by atoms with Crippen molar-refractivity contribution in [2.75, 3.05) is 5.88 Å². The minimum absolute atomic E-state index is 0.0398. The van der Waals surface area contributed by atoms with Crippen LogP contribution in [0.5, 0.6) is 0 Å². The first-order chi connectivity index (χ1) is 5.25. The van der Waals surface area contributed by atoms with Gasteiger partial charge in [-0.1, -0.05) is 0 Å². The van der Waals surface area contributed by atoms with Crippen molar-refractivity contribution in [3.05, 3.63) is 12.2 Å². The predicted octanol–water partition coefficient (Wildman–Crippen LogP) is -0.562. The second-order valence-corrected chi connectivity index (χ2v) is 2.35. The van der Waals surface area contributed by atoms with Gasteiger partial charge in [0.15, 0.2) is 5.82 Å². The molecule has 2 unspecified atom stereocenters. The minimum Gasteiger partial charge on any atom is -0.389 e. The molecule has 2 atom stereocenters. The van der Waals surface area contributed by atoms with Gasteiger partial charge in [0.2, 0.25) is 0 Å². The van der Waals surface area contributed by atoms with Crippen LogP contribution in [-0.4, -0.2) is 37.4 Å². The molecule has 0 saturated carbocycles. The van der Waals surface area contributed by atoms with E-state index in [1.807, 2.05) is 0 Å². The molecule has 0 aromatic carbocycles. The first kappa shape index (κ1) is 8.45. The fourth-order valence-corrected chi connectivity index (χ4v) is 0.793. The molecule has 1 aromatic heterocycles. The van der Waals surface area contributed by atoms with Gasteiger partial charge in [0.25, 0.3) is 0 Å². The number of H-pyrrole nitrogens is 1. The third-order valence-electron chi connectivity index (χ3n) is 1.24. The molecule has 62 valence electrons. The van der Waals surface area contributed by atoms with Crippen molar-refractivity contribution in [2.24, 2.45) is 0 Å². The second-order valence-electron chi connectivity index (χ2n) is 2.04. The van der Waals surface area contributed by atoms with E-state index in [0.29, 0.717) is 0 Å². The Labute approximate surface area is 68.0 Å². The van der Waals surface area contributed by atoms with Gasteiger partial charge in [-0.2, -0.15) is 5.10 Å². The Hall–Kier alpha value is -0.650. The van der Waals surface area contributed by atoms with Crippen LogP contribution in [0.25, 0.3) is 0 Å². The molecule has 0 bridgehead atoms. The van der Waals surface area contributed by atoms with Crippen molar-refractivity contribution in [2.45, 2.75) is 12.2 Å². The lowest BCUT2D eigenvalue weighted by atomic mass is 10.2. The number of hydrogen-bond acceptors (Lipinski definition) is 4. The average Bonchev–Trinajstić information content (AvgIpc) is 2.53. The van der Waals surface area contributed by atoms with Gasteiger partial charge in [0, 0.05) is 0 Å². The third kappa shape index (κ3) is 1.89. The standard InChI is InChI=1S/C5H8ClN3O2/c6-1-3(10)4(11)5-7-2-8-9-5/h2-4,10-11H,1H2,(H,7,8,9). The summed E-state index contributed by atoms with van der Waals surface area (Å²) in [6.45, 7) is 0. The van der Waals surface area contributed by atoms with Gasteiger partial charge in [0.05, 0.1) is 5.88 Å². The van der Waals surface area contributed by atoms with Crippen LogP contribution >= 0.6 is 11.6 Å². The van der Waals surface area contributed by atoms with Gasteiger partial charge in [-0.3, -0.25) is 5.10 Å². The lowest BCUT2D eigenvalue weighted by Crippen LogP contribution is -2.20. The molecule has 0 aliphatic rings. The summed E-state index contributed by atoms with van der Waals surface area (Å²) < 4.78 is 0. The van der Waals surface area contributed by atoms with E-state index in [-0.39, 0.29) is 11.7 Å². The quantitative estimate of drug-likeness (QED) is 0.541. The largest absolute Gasteiger partial charge is 0.389 e. The molecule has 0 radical (unpaired) electrons. The van der Waals surface area contributed by atoms with Gasteiger partial charge in [-0.25, -0.2) is 4.98 Å². The molecule has 3 N–H and O–H groups in total. The number of aliphatic hydroxyl groups is 2. The number of aromatic amines is 1. The minimum atomic E-state index is -1.09. The molecular weight excluding hydrogens is 170 g/mol. The topological polar surface area (TPSA) is 82.0 Å². The monoisotopic (exact) mass is 177 g/mol. The highest BCUT2D eigenvalue weighted by atomic mass is 35.5. The zero-order valence-electron chi connectivity index (χ0n) is 5.61. The van der Waals surface area contributed by atoms with Gasteiger partial charge in [-0.15, -0.1) is 11.6 Å². The first-order valence-electron chi connectivity index (χ1n) is 3.03. The van der Waals surface area contributed by atoms with E-state index in [1.54, 1.807) is 0 Å². The van der Waals surface area contributed by atoms with Crippen molar-refractivity contribution >= 4 is 11.6 Å². The molecule has 0 aliphatic heterocycles. The molecule has 1 aromatic rings. The van der Waals surface area contributed by atoms with Crippen LogP contribution in [0.4, 0.5) is 0 Å². The maximum absolute atomic E-state index is 9.21. The number of rotatable bonds is 3. The molecule has 1 heterocycles. The highest BCUT2D eigenvalue weighted by Gasteiger charge is 2.19. The molecule has 0 saturated heterocycles. The Balaban J connectivity index is 2.62. The van der Waals surface area contributed by atoms with Crippen LogP contribution in [0, 0.1) is 0 Å². The van der Waals surface area contributed by atoms with E-state index < -0.39 is 12.2 Å². The van der Waals surface area contributed by atoms with E-state index in [4.69, 9.17) is 16.7 Å². The highest BCUT2D eigenvalue weighted by Crippen LogP contribution is 2.11. The summed E-state index contributed by atoms with van der Waals surface area (Å²) in [7, 11) is 0. The Bertz CT molecular complexity index is 204. The fraction of sp³-hybridized carbons (Fsp3) is 0.600. The summed E-state index contributed by atoms with van der Waals surface area (Å²) in [5.41, 5.74) is 0. The summed E-state index contributed by atoms with van der Waals surface area (Å²) in [5.74, 6) is 0.181. The van der Waals surface area contributed by atoms with E-state index in [0.717, 1.165) is 0 Å². The molecule has 11 heavy (non-hydrogen) atoms. The third-order valence-corrected chi connectivity index (χ3v) is 1.55. The summed E-state index contributed by atoms with van der Waals surface area (Å²) in [4.78, 5) is 3.65. The summed E-state index contributed by atoms with van der Waals surface area (Å²) >= 11 is 5.29. The molecule has 0 fully saturated rings. The van der Waals surface area contributed by atoms with Crippen LogP contribution in [0.2, 0.25) is 0 Å². The van der Waals surface area contributed by atoms with Crippen molar-refractivity contribution in [3.63, 3.8) is 0 Å². The zero-order chi connectivity index (χ0) is 8.27. The predicted molar refractivity (Wildman–Crippen MR) is 38.1 cm³/mol. The Morgan fingerprint density at radius 1 is 1.64 bits per heavy atom. The normalized spacial score (nSPS) is 16.3. The lowest BCUT2D eigenvalue weighted by Gasteiger charge is -2.11. The van der Waals surface area contributed by atoms with Crippen LogP contribution in [0.1, 0.15) is 11.9 Å². The molecule has 0 amide bonds. The summed E-state index contributed by atoms with van der Waals surface area (Å²) in [6.07, 6.45) is -0.848. The van der Waals surface area contributed by atoms with Gasteiger partial charge in [0.1, 0.15) is 18.5 Å². The fourth-order valence-electron chi connectivity index (χ4n) is 0.624. The molecular formula is C5H8ClN3O2. The van der Waals surface area contributed by atoms with E-state index in [2.05, 4.69) is 15.2 Å². The number of alkyl halides is 1. The zero-order valence-corrected chi connectivity index (χ0v) is 6.36. The number of nitrogens with one attached hydrogen (secondary N) is 1. The Kier molecular flexibility index (Phi) is 2.81. The van der Waals surface area contributed by atoms with Gasteiger partial charge >= 0.3 is 0 Å². The van der Waals surface area contributed by atoms with Gasteiger partial charge in [-0.05, 0) is 0 Å². The molecule has 1 rings (SSSR count). The van der Waals surface area contributed by atoms with E-state index in [9.17, 15) is 5.11 Å². The van der Waals surface area contributed by atoms with Crippen molar-refractivity contribution < 1.29 is 10.2 Å². The highest BCUT2D eigenvalue weighted by molar-refractivity contribution is 6.18. The molecule has 0 aliphatic carbocycles. The van der Waals surface area contributed by atoms with Crippen LogP contribution in [-0.2, 0) is 0 Å². The SMILES string of the molecule is OC(CCl)C(O)c1ncn[nH]1. The number of aromatic nitrogens is 3. The van der Waals surface area contributed by atoms with Crippen LogP contribution < -0.4 is 0 Å². The average molecular weight is 178 g/mol. The maximum atomic E-state index is 9.21. The Morgan fingerprint density at radius 2 is 2.36 bits per heavy atom. The van der Waals surface area contributed by atoms with Crippen molar-refractivity contribution in [1.29, 1.82) is 0 Å². The summed E-state index contributed by atoms with van der Waals surface area (Å²) in [5, 5.41) is 24.2. The molecule has 0 spiro atoms. The number of aliphatic hydroxyl groups excluding tert-OH is 2. The number of hydrogen-bond donors (Lipinski definition) is 3. The molecule has 6 heteroatoms. The summed E-state index contributed by atoms with van der Waals surface area (Å²) in [6, 6.07) is 0. The van der Waals surface area contributed by atoms with Crippen LogP contribution in [0.3, 0.4) is 0 Å². The van der Waals surface area contributed by atoms with E-state index in [1.165, 1.54) is 6.33 Å². The number of nitrogens with zero attached hydrogens (tertiary/aromatic N) is 2. The molecule has 5 nitrogen and oxygen atoms in total. The maximum Gasteiger partial charge on any atom is 0.155 e. The Morgan fingerprint density at radius 3 is 2.82 bits per heavy atom. The number of halogens is 1. The second kappa shape index (κ2) is 3.66.